The number of hydrogen-bond donors (Lipinski definition) is 1. The van der Waals surface area contributed by atoms with Gasteiger partial charge in [0, 0.05) is 12.5 Å². The van der Waals surface area contributed by atoms with Crippen molar-refractivity contribution >= 4 is 0 Å². The Kier molecular flexibility index (Phi) is 3.71. The molecule has 0 aliphatic carbocycles. The van der Waals surface area contributed by atoms with Crippen LogP contribution in [0.25, 0.3) is 0 Å². The lowest BCUT2D eigenvalue weighted by atomic mass is 10.1. The van der Waals surface area contributed by atoms with Crippen LogP contribution in [0.5, 0.6) is 0 Å². The van der Waals surface area contributed by atoms with E-state index in [9.17, 15) is 0 Å². The van der Waals surface area contributed by atoms with Crippen LogP contribution in [0.1, 0.15) is 33.6 Å². The Labute approximate surface area is 80.0 Å². The topological polar surface area (TPSA) is 38.7 Å². The van der Waals surface area contributed by atoms with Crippen LogP contribution in [0.4, 0.5) is 0 Å². The Balaban J connectivity index is 2.51. The van der Waals surface area contributed by atoms with E-state index in [0.29, 0.717) is 6.61 Å². The molecule has 1 saturated heterocycles. The van der Waals surface area contributed by atoms with E-state index in [1.54, 1.807) is 0 Å². The van der Waals surface area contributed by atoms with Crippen molar-refractivity contribution in [1.29, 1.82) is 0 Å². The normalized spacial score (nSPS) is 29.1. The Hall–Kier alpha value is -0.120. The first-order chi connectivity index (χ1) is 6.17. The lowest BCUT2D eigenvalue weighted by Crippen LogP contribution is -2.31. The average molecular weight is 188 g/mol. The fourth-order valence-corrected chi connectivity index (χ4v) is 1.60. The number of ether oxygens (including phenoxy) is 2. The van der Waals surface area contributed by atoms with Gasteiger partial charge in [0.15, 0.2) is 5.79 Å². The van der Waals surface area contributed by atoms with E-state index in [4.69, 9.17) is 14.6 Å². The van der Waals surface area contributed by atoms with Gasteiger partial charge in [-0.3, -0.25) is 0 Å². The summed E-state index contributed by atoms with van der Waals surface area (Å²) in [5.41, 5.74) is 0. The maximum Gasteiger partial charge on any atom is 0.168 e. The van der Waals surface area contributed by atoms with Gasteiger partial charge in [-0.1, -0.05) is 20.8 Å². The Morgan fingerprint density at radius 3 is 2.46 bits per heavy atom. The highest BCUT2D eigenvalue weighted by Gasteiger charge is 2.40. The van der Waals surface area contributed by atoms with Crippen LogP contribution in [0, 0.1) is 5.92 Å². The van der Waals surface area contributed by atoms with E-state index in [1.165, 1.54) is 0 Å². The zero-order valence-corrected chi connectivity index (χ0v) is 8.75. The van der Waals surface area contributed by atoms with Crippen molar-refractivity contribution in [1.82, 2.24) is 0 Å². The van der Waals surface area contributed by atoms with Gasteiger partial charge in [0.2, 0.25) is 0 Å². The molecule has 78 valence electrons. The van der Waals surface area contributed by atoms with Crippen LogP contribution in [-0.4, -0.2) is 30.2 Å². The number of rotatable bonds is 4. The lowest BCUT2D eigenvalue weighted by Gasteiger charge is -2.26. The smallest absolute Gasteiger partial charge is 0.168 e. The molecule has 0 aromatic rings. The first-order valence-corrected chi connectivity index (χ1v) is 5.10. The summed E-state index contributed by atoms with van der Waals surface area (Å²) < 4.78 is 11.5. The van der Waals surface area contributed by atoms with Gasteiger partial charge in [-0.15, -0.1) is 0 Å². The second-order valence-corrected chi connectivity index (χ2v) is 3.74. The van der Waals surface area contributed by atoms with Gasteiger partial charge >= 0.3 is 0 Å². The van der Waals surface area contributed by atoms with Crippen molar-refractivity contribution in [2.45, 2.75) is 45.5 Å². The van der Waals surface area contributed by atoms with E-state index >= 15 is 0 Å². The van der Waals surface area contributed by atoms with E-state index in [1.807, 2.05) is 6.92 Å². The zero-order chi connectivity index (χ0) is 9.90. The summed E-state index contributed by atoms with van der Waals surface area (Å²) in [4.78, 5) is 0. The predicted molar refractivity (Wildman–Crippen MR) is 50.4 cm³/mol. The van der Waals surface area contributed by atoms with Gasteiger partial charge in [-0.25, -0.2) is 0 Å². The molecule has 2 atom stereocenters. The van der Waals surface area contributed by atoms with Gasteiger partial charge in [-0.05, 0) is 12.8 Å². The van der Waals surface area contributed by atoms with Crippen molar-refractivity contribution in [3.63, 3.8) is 0 Å². The molecule has 0 radical (unpaired) electrons. The highest BCUT2D eigenvalue weighted by Crippen LogP contribution is 2.32. The van der Waals surface area contributed by atoms with E-state index in [-0.39, 0.29) is 24.4 Å². The van der Waals surface area contributed by atoms with E-state index < -0.39 is 0 Å². The van der Waals surface area contributed by atoms with Crippen LogP contribution in [0.3, 0.4) is 0 Å². The first-order valence-electron chi connectivity index (χ1n) is 5.10. The summed E-state index contributed by atoms with van der Waals surface area (Å²) in [7, 11) is 0. The molecule has 1 aliphatic rings. The quantitative estimate of drug-likeness (QED) is 0.727. The molecule has 1 rings (SSSR count). The monoisotopic (exact) mass is 188 g/mol. The molecule has 0 amide bonds. The summed E-state index contributed by atoms with van der Waals surface area (Å²) >= 11 is 0. The summed E-state index contributed by atoms with van der Waals surface area (Å²) in [6, 6.07) is 0. The molecule has 1 N–H and O–H groups in total. The molecule has 0 saturated carbocycles. The van der Waals surface area contributed by atoms with Gasteiger partial charge < -0.3 is 14.6 Å². The number of hydrogen-bond acceptors (Lipinski definition) is 3. The van der Waals surface area contributed by atoms with Crippen LogP contribution in [0.2, 0.25) is 0 Å². The minimum atomic E-state index is -0.381. The van der Waals surface area contributed by atoms with Crippen molar-refractivity contribution < 1.29 is 14.6 Å². The molecule has 1 fully saturated rings. The molecule has 0 spiro atoms. The Bertz CT molecular complexity index is 154. The maximum atomic E-state index is 8.98. The maximum absolute atomic E-state index is 8.98. The predicted octanol–water partition coefficient (Wildman–Crippen LogP) is 1.55. The fraction of sp³-hybridized carbons (Fsp3) is 1.00. The average Bonchev–Trinajstić information content (AvgIpc) is 2.61. The molecule has 0 aromatic carbocycles. The van der Waals surface area contributed by atoms with Crippen molar-refractivity contribution in [3.8, 4) is 0 Å². The largest absolute Gasteiger partial charge is 0.396 e. The zero-order valence-electron chi connectivity index (χ0n) is 8.75. The van der Waals surface area contributed by atoms with Crippen molar-refractivity contribution in [2.24, 2.45) is 5.92 Å². The minimum Gasteiger partial charge on any atom is -0.396 e. The van der Waals surface area contributed by atoms with Gasteiger partial charge in [0.05, 0.1) is 12.7 Å². The SMILES string of the molecule is CCC1(CC)OC[C@@H]([C@@H](C)CO)O1. The van der Waals surface area contributed by atoms with Gasteiger partial charge in [0.1, 0.15) is 0 Å². The molecule has 0 bridgehead atoms. The van der Waals surface area contributed by atoms with E-state index in [0.717, 1.165) is 12.8 Å². The molecular weight excluding hydrogens is 168 g/mol. The third-order valence-electron chi connectivity index (χ3n) is 2.88. The lowest BCUT2D eigenvalue weighted by molar-refractivity contribution is -0.177. The number of aliphatic hydroxyl groups excluding tert-OH is 1. The van der Waals surface area contributed by atoms with Gasteiger partial charge in [-0.2, -0.15) is 0 Å². The summed E-state index contributed by atoms with van der Waals surface area (Å²) in [5, 5.41) is 8.98. The summed E-state index contributed by atoms with van der Waals surface area (Å²) in [6.45, 7) is 6.89. The third kappa shape index (κ3) is 2.22. The molecule has 0 aromatic heterocycles. The standard InChI is InChI=1S/C10H20O3/c1-4-10(5-2)12-7-9(13-10)8(3)6-11/h8-9,11H,4-7H2,1-3H3/t8-,9-/m0/s1. The van der Waals surface area contributed by atoms with Crippen LogP contribution >= 0.6 is 0 Å². The van der Waals surface area contributed by atoms with Crippen molar-refractivity contribution in [2.75, 3.05) is 13.2 Å². The molecule has 13 heavy (non-hydrogen) atoms. The summed E-state index contributed by atoms with van der Waals surface area (Å²) in [5.74, 6) is -0.214. The second kappa shape index (κ2) is 4.40. The van der Waals surface area contributed by atoms with Crippen molar-refractivity contribution in [3.05, 3.63) is 0 Å². The highest BCUT2D eigenvalue weighted by atomic mass is 16.7. The molecule has 0 unspecified atom stereocenters. The Morgan fingerprint density at radius 1 is 1.46 bits per heavy atom. The minimum absolute atomic E-state index is 0.0601. The fourth-order valence-electron chi connectivity index (χ4n) is 1.60. The molecule has 3 heteroatoms. The molecule has 1 aliphatic heterocycles. The molecule has 3 nitrogen and oxygen atoms in total. The van der Waals surface area contributed by atoms with Crippen LogP contribution in [-0.2, 0) is 9.47 Å². The molecular formula is C10H20O3. The van der Waals surface area contributed by atoms with E-state index in [2.05, 4.69) is 13.8 Å². The van der Waals surface area contributed by atoms with Crippen LogP contribution < -0.4 is 0 Å². The third-order valence-corrected chi connectivity index (χ3v) is 2.88. The Morgan fingerprint density at radius 2 is 2.08 bits per heavy atom. The van der Waals surface area contributed by atoms with Crippen LogP contribution in [0.15, 0.2) is 0 Å². The second-order valence-electron chi connectivity index (χ2n) is 3.74. The molecule has 1 heterocycles. The first kappa shape index (κ1) is 11.0. The number of aliphatic hydroxyl groups is 1. The van der Waals surface area contributed by atoms with Gasteiger partial charge in [0.25, 0.3) is 0 Å². The highest BCUT2D eigenvalue weighted by molar-refractivity contribution is 4.79. The summed E-state index contributed by atoms with van der Waals surface area (Å²) in [6.07, 6.45) is 1.81.